The third-order valence-electron chi connectivity index (χ3n) is 4.85. The Morgan fingerprint density at radius 3 is 2.44 bits per heavy atom. The second kappa shape index (κ2) is 7.39. The van der Waals surface area contributed by atoms with Crippen LogP contribution in [0.15, 0.2) is 28.9 Å². The fraction of sp³-hybridized carbons (Fsp3) is 0.381. The maximum Gasteiger partial charge on any atom is 0.259 e. The summed E-state index contributed by atoms with van der Waals surface area (Å²) in [6, 6.07) is 6.15. The number of aromatic hydroxyl groups is 1. The van der Waals surface area contributed by atoms with Crippen LogP contribution in [0.1, 0.15) is 37.5 Å². The van der Waals surface area contributed by atoms with Gasteiger partial charge >= 0.3 is 0 Å². The summed E-state index contributed by atoms with van der Waals surface area (Å²) in [7, 11) is 2.03. The van der Waals surface area contributed by atoms with E-state index in [-0.39, 0.29) is 0 Å². The molecule has 0 atom stereocenters. The average Bonchev–Trinajstić information content (AvgIpc) is 3.13. The molecule has 3 aromatic rings. The van der Waals surface area contributed by atoms with Crippen molar-refractivity contribution >= 4 is 5.82 Å². The molecule has 0 aliphatic heterocycles. The molecule has 0 aliphatic rings. The molecule has 0 aliphatic carbocycles. The number of hydrogen-bond donors (Lipinski definition) is 1. The zero-order valence-electron chi connectivity index (χ0n) is 16.7. The molecule has 1 N–H and O–H groups in total. The lowest BCUT2D eigenvalue weighted by molar-refractivity contribution is 0.432. The zero-order chi connectivity index (χ0) is 19.7. The van der Waals surface area contributed by atoms with Crippen LogP contribution in [-0.4, -0.2) is 33.3 Å². The monoisotopic (exact) mass is 366 g/mol. The summed E-state index contributed by atoms with van der Waals surface area (Å²) in [5.41, 5.74) is 4.35. The van der Waals surface area contributed by atoms with E-state index in [9.17, 15) is 5.11 Å². The molecule has 0 bridgehead atoms. The van der Waals surface area contributed by atoms with Gasteiger partial charge in [0.1, 0.15) is 11.6 Å². The van der Waals surface area contributed by atoms with Crippen molar-refractivity contribution in [3.8, 4) is 28.6 Å². The third kappa shape index (κ3) is 3.65. The summed E-state index contributed by atoms with van der Waals surface area (Å²) < 4.78 is 5.47. The summed E-state index contributed by atoms with van der Waals surface area (Å²) in [6.07, 6.45) is 2.50. The van der Waals surface area contributed by atoms with Gasteiger partial charge < -0.3 is 14.5 Å². The molecule has 1 aromatic carbocycles. The SMILES string of the molecule is CCc1cc(-c2noc(-c3cnc(N(C)C(C)C)c(C)c3)n2)cc(C)c1O. The number of nitrogens with zero attached hydrogens (tertiary/aromatic N) is 4. The first-order valence-corrected chi connectivity index (χ1v) is 9.18. The molecule has 27 heavy (non-hydrogen) atoms. The van der Waals surface area contributed by atoms with E-state index in [1.54, 1.807) is 6.20 Å². The molecular weight excluding hydrogens is 340 g/mol. The molecule has 6 heteroatoms. The Kier molecular flexibility index (Phi) is 5.17. The third-order valence-corrected chi connectivity index (χ3v) is 4.85. The van der Waals surface area contributed by atoms with Gasteiger partial charge in [0.05, 0.1) is 5.56 Å². The highest BCUT2D eigenvalue weighted by atomic mass is 16.5. The topological polar surface area (TPSA) is 75.3 Å². The minimum Gasteiger partial charge on any atom is -0.507 e. The highest BCUT2D eigenvalue weighted by Crippen LogP contribution is 2.30. The minimum absolute atomic E-state index is 0.328. The van der Waals surface area contributed by atoms with Crippen molar-refractivity contribution in [2.45, 2.75) is 47.1 Å². The van der Waals surface area contributed by atoms with Crippen molar-refractivity contribution in [1.29, 1.82) is 0 Å². The first kappa shape index (κ1) is 18.9. The fourth-order valence-corrected chi connectivity index (χ4v) is 3.01. The molecule has 3 rings (SSSR count). The highest BCUT2D eigenvalue weighted by molar-refractivity contribution is 5.64. The summed E-state index contributed by atoms with van der Waals surface area (Å²) >= 11 is 0. The Morgan fingerprint density at radius 1 is 1.11 bits per heavy atom. The van der Waals surface area contributed by atoms with Crippen LogP contribution in [0.5, 0.6) is 5.75 Å². The van der Waals surface area contributed by atoms with Gasteiger partial charge in [-0.1, -0.05) is 12.1 Å². The van der Waals surface area contributed by atoms with Crippen molar-refractivity contribution in [1.82, 2.24) is 15.1 Å². The first-order chi connectivity index (χ1) is 12.8. The Labute approximate surface area is 159 Å². The second-order valence-corrected chi connectivity index (χ2v) is 7.15. The average molecular weight is 366 g/mol. The van der Waals surface area contributed by atoms with E-state index in [2.05, 4.69) is 33.9 Å². The molecule has 0 saturated carbocycles. The van der Waals surface area contributed by atoms with Gasteiger partial charge in [-0.3, -0.25) is 0 Å². The Balaban J connectivity index is 1.95. The van der Waals surface area contributed by atoms with E-state index in [1.165, 1.54) is 0 Å². The van der Waals surface area contributed by atoms with Gasteiger partial charge in [0.2, 0.25) is 5.82 Å². The van der Waals surface area contributed by atoms with E-state index < -0.39 is 0 Å². The molecule has 0 unspecified atom stereocenters. The van der Waals surface area contributed by atoms with E-state index >= 15 is 0 Å². The van der Waals surface area contributed by atoms with Crippen LogP contribution in [0.2, 0.25) is 0 Å². The lowest BCUT2D eigenvalue weighted by atomic mass is 10.0. The number of hydrogen-bond acceptors (Lipinski definition) is 6. The summed E-state index contributed by atoms with van der Waals surface area (Å²) in [5.74, 6) is 2.21. The van der Waals surface area contributed by atoms with Crippen molar-refractivity contribution in [2.75, 3.05) is 11.9 Å². The van der Waals surface area contributed by atoms with Gasteiger partial charge in [-0.2, -0.15) is 4.98 Å². The van der Waals surface area contributed by atoms with Gasteiger partial charge in [-0.15, -0.1) is 0 Å². The van der Waals surface area contributed by atoms with Crippen LogP contribution < -0.4 is 4.90 Å². The first-order valence-electron chi connectivity index (χ1n) is 9.18. The molecule has 0 saturated heterocycles. The minimum atomic E-state index is 0.328. The zero-order valence-corrected chi connectivity index (χ0v) is 16.7. The van der Waals surface area contributed by atoms with Crippen LogP contribution >= 0.6 is 0 Å². The van der Waals surface area contributed by atoms with Crippen LogP contribution in [0.25, 0.3) is 22.8 Å². The van der Waals surface area contributed by atoms with Crippen molar-refractivity contribution in [2.24, 2.45) is 0 Å². The Morgan fingerprint density at radius 2 is 1.81 bits per heavy atom. The maximum absolute atomic E-state index is 10.1. The molecule has 6 nitrogen and oxygen atoms in total. The molecular formula is C21H26N4O2. The number of pyridine rings is 1. The van der Waals surface area contributed by atoms with E-state index in [0.717, 1.165) is 40.1 Å². The predicted octanol–water partition coefficient (Wildman–Crippen LogP) is 4.53. The van der Waals surface area contributed by atoms with E-state index in [0.29, 0.717) is 23.5 Å². The molecule has 0 amide bonds. The van der Waals surface area contributed by atoms with Gasteiger partial charge in [-0.25, -0.2) is 4.98 Å². The smallest absolute Gasteiger partial charge is 0.259 e. The molecule has 0 radical (unpaired) electrons. The van der Waals surface area contributed by atoms with Gasteiger partial charge in [0.15, 0.2) is 0 Å². The summed E-state index contributed by atoms with van der Waals surface area (Å²) in [5, 5.41) is 14.2. The number of phenolic OH excluding ortho intramolecular Hbond substituents is 1. The normalized spacial score (nSPS) is 11.2. The van der Waals surface area contributed by atoms with E-state index in [4.69, 9.17) is 4.52 Å². The number of benzene rings is 1. The molecule has 2 heterocycles. The van der Waals surface area contributed by atoms with Crippen molar-refractivity contribution < 1.29 is 9.63 Å². The van der Waals surface area contributed by atoms with Gasteiger partial charge in [0, 0.05) is 24.8 Å². The molecule has 2 aromatic heterocycles. The van der Waals surface area contributed by atoms with E-state index in [1.807, 2.05) is 46.0 Å². The van der Waals surface area contributed by atoms with Crippen molar-refractivity contribution in [3.63, 3.8) is 0 Å². The summed E-state index contributed by atoms with van der Waals surface area (Å²) in [4.78, 5) is 11.2. The largest absolute Gasteiger partial charge is 0.507 e. The standard InChI is InChI=1S/C21H26N4O2/c1-7-15-10-16(8-13(4)18(15)26)19-23-21(27-24-19)17-9-14(5)20(22-11-17)25(6)12(2)3/h8-12,26H,7H2,1-6H3. The van der Waals surface area contributed by atoms with Crippen LogP contribution in [-0.2, 0) is 6.42 Å². The number of anilines is 1. The fourth-order valence-electron chi connectivity index (χ4n) is 3.01. The number of aromatic nitrogens is 3. The molecule has 142 valence electrons. The molecule has 0 spiro atoms. The Hall–Kier alpha value is -2.89. The number of rotatable bonds is 5. The maximum atomic E-state index is 10.1. The quantitative estimate of drug-likeness (QED) is 0.715. The molecule has 0 fully saturated rings. The van der Waals surface area contributed by atoms with Gasteiger partial charge in [0.25, 0.3) is 5.89 Å². The number of aryl methyl sites for hydroxylation is 3. The lowest BCUT2D eigenvalue weighted by Gasteiger charge is -2.24. The van der Waals surface area contributed by atoms with Crippen LogP contribution in [0.3, 0.4) is 0 Å². The summed E-state index contributed by atoms with van der Waals surface area (Å²) in [6.45, 7) is 10.2. The predicted molar refractivity (Wildman–Crippen MR) is 107 cm³/mol. The van der Waals surface area contributed by atoms with Gasteiger partial charge in [-0.05, 0) is 69.0 Å². The van der Waals surface area contributed by atoms with Crippen LogP contribution in [0, 0.1) is 13.8 Å². The second-order valence-electron chi connectivity index (χ2n) is 7.15. The van der Waals surface area contributed by atoms with Crippen molar-refractivity contribution in [3.05, 3.63) is 41.1 Å². The lowest BCUT2D eigenvalue weighted by Crippen LogP contribution is -2.27. The Bertz CT molecular complexity index is 963. The van der Waals surface area contributed by atoms with Crippen LogP contribution in [0.4, 0.5) is 5.82 Å². The highest BCUT2D eigenvalue weighted by Gasteiger charge is 2.16. The number of phenols is 1.